The normalized spacial score (nSPS) is 11.2. The Kier molecular flexibility index (Phi) is 2.91. The third-order valence-electron chi connectivity index (χ3n) is 3.73. The minimum atomic E-state index is 0.508. The summed E-state index contributed by atoms with van der Waals surface area (Å²) in [5.41, 5.74) is 11.2. The smallest absolute Gasteiger partial charge is 0.150 e. The second kappa shape index (κ2) is 4.49. The number of anilines is 1. The molecule has 0 saturated carbocycles. The molecule has 3 rings (SSSR count). The molecule has 2 heterocycles. The molecular formula is C15H15ClN4. The Bertz CT molecular complexity index is 820. The quantitative estimate of drug-likeness (QED) is 0.744. The van der Waals surface area contributed by atoms with Gasteiger partial charge in [-0.25, -0.2) is 9.97 Å². The molecule has 0 fully saturated rings. The van der Waals surface area contributed by atoms with Crippen LogP contribution in [0.1, 0.15) is 16.8 Å². The van der Waals surface area contributed by atoms with Crippen LogP contribution < -0.4 is 5.73 Å². The molecule has 0 aliphatic heterocycles. The highest BCUT2D eigenvalue weighted by Crippen LogP contribution is 2.31. The lowest BCUT2D eigenvalue weighted by molar-refractivity contribution is 1.00. The SMILES string of the molecule is Cc1ccc(Cl)cc1-n1c(C)c(C)c2c(N)ncnc21. The summed E-state index contributed by atoms with van der Waals surface area (Å²) in [4.78, 5) is 8.48. The van der Waals surface area contributed by atoms with E-state index in [1.54, 1.807) is 0 Å². The average Bonchev–Trinajstić information content (AvgIpc) is 2.66. The monoisotopic (exact) mass is 286 g/mol. The van der Waals surface area contributed by atoms with Gasteiger partial charge in [0, 0.05) is 10.7 Å². The fraction of sp³-hybridized carbons (Fsp3) is 0.200. The van der Waals surface area contributed by atoms with E-state index in [2.05, 4.69) is 28.4 Å². The van der Waals surface area contributed by atoms with Gasteiger partial charge in [-0.3, -0.25) is 4.57 Å². The average molecular weight is 287 g/mol. The summed E-state index contributed by atoms with van der Waals surface area (Å²) in [5, 5.41) is 1.61. The van der Waals surface area contributed by atoms with Gasteiger partial charge < -0.3 is 5.73 Å². The third kappa shape index (κ3) is 1.76. The summed E-state index contributed by atoms with van der Waals surface area (Å²) >= 11 is 6.14. The number of aromatic nitrogens is 3. The lowest BCUT2D eigenvalue weighted by atomic mass is 10.2. The Morgan fingerprint density at radius 1 is 1.15 bits per heavy atom. The highest BCUT2D eigenvalue weighted by molar-refractivity contribution is 6.30. The number of hydrogen-bond acceptors (Lipinski definition) is 3. The van der Waals surface area contributed by atoms with Gasteiger partial charge >= 0.3 is 0 Å². The first kappa shape index (κ1) is 12.9. The summed E-state index contributed by atoms with van der Waals surface area (Å²) in [7, 11) is 0. The summed E-state index contributed by atoms with van der Waals surface area (Å²) in [5.74, 6) is 0.508. The molecule has 3 aromatic rings. The van der Waals surface area contributed by atoms with E-state index in [1.165, 1.54) is 6.33 Å². The molecule has 0 unspecified atom stereocenters. The van der Waals surface area contributed by atoms with Crippen molar-refractivity contribution in [3.63, 3.8) is 0 Å². The molecule has 0 atom stereocenters. The van der Waals surface area contributed by atoms with E-state index in [9.17, 15) is 0 Å². The van der Waals surface area contributed by atoms with E-state index < -0.39 is 0 Å². The van der Waals surface area contributed by atoms with Crippen molar-refractivity contribution >= 4 is 28.5 Å². The van der Waals surface area contributed by atoms with Crippen LogP contribution in [-0.2, 0) is 0 Å². The first-order chi connectivity index (χ1) is 9.50. The maximum Gasteiger partial charge on any atom is 0.150 e. The zero-order chi connectivity index (χ0) is 14.4. The number of nitrogens with zero attached hydrogens (tertiary/aromatic N) is 3. The van der Waals surface area contributed by atoms with Gasteiger partial charge in [-0.2, -0.15) is 0 Å². The molecule has 2 N–H and O–H groups in total. The Hall–Kier alpha value is -2.07. The number of nitrogens with two attached hydrogens (primary N) is 1. The lowest BCUT2D eigenvalue weighted by Crippen LogP contribution is -2.01. The molecule has 0 aliphatic rings. The van der Waals surface area contributed by atoms with Crippen molar-refractivity contribution in [3.05, 3.63) is 46.4 Å². The van der Waals surface area contributed by atoms with E-state index in [1.807, 2.05) is 25.1 Å². The largest absolute Gasteiger partial charge is 0.383 e. The Labute approximate surface area is 122 Å². The maximum atomic E-state index is 6.14. The predicted octanol–water partition coefficient (Wildman–Crippen LogP) is 3.58. The van der Waals surface area contributed by atoms with E-state index in [4.69, 9.17) is 17.3 Å². The molecule has 1 aromatic carbocycles. The minimum Gasteiger partial charge on any atom is -0.383 e. The molecule has 5 heteroatoms. The zero-order valence-electron chi connectivity index (χ0n) is 11.6. The first-order valence-electron chi connectivity index (χ1n) is 6.35. The van der Waals surface area contributed by atoms with Gasteiger partial charge in [0.05, 0.1) is 11.1 Å². The number of halogens is 1. The van der Waals surface area contributed by atoms with Crippen LogP contribution in [0.25, 0.3) is 16.7 Å². The summed E-state index contributed by atoms with van der Waals surface area (Å²) in [6.07, 6.45) is 1.49. The Balaban J connectivity index is 2.46. The van der Waals surface area contributed by atoms with Crippen LogP contribution in [0.2, 0.25) is 5.02 Å². The second-order valence-electron chi connectivity index (χ2n) is 4.93. The summed E-state index contributed by atoms with van der Waals surface area (Å²) in [6.45, 7) is 6.14. The highest BCUT2D eigenvalue weighted by atomic mass is 35.5. The molecule has 0 radical (unpaired) electrons. The summed E-state index contributed by atoms with van der Waals surface area (Å²) in [6, 6.07) is 5.83. The molecule has 0 saturated heterocycles. The number of rotatable bonds is 1. The van der Waals surface area contributed by atoms with Gasteiger partial charge in [0.25, 0.3) is 0 Å². The molecule has 2 aromatic heterocycles. The molecule has 4 nitrogen and oxygen atoms in total. The van der Waals surface area contributed by atoms with Gasteiger partial charge in [-0.05, 0) is 44.0 Å². The van der Waals surface area contributed by atoms with Crippen LogP contribution in [0, 0.1) is 20.8 Å². The van der Waals surface area contributed by atoms with Crippen molar-refractivity contribution in [2.45, 2.75) is 20.8 Å². The van der Waals surface area contributed by atoms with Crippen LogP contribution >= 0.6 is 11.6 Å². The van der Waals surface area contributed by atoms with Gasteiger partial charge in [0.15, 0.2) is 5.65 Å². The second-order valence-corrected chi connectivity index (χ2v) is 5.37. The first-order valence-corrected chi connectivity index (χ1v) is 6.73. The fourth-order valence-electron chi connectivity index (χ4n) is 2.54. The number of aryl methyl sites for hydroxylation is 2. The molecular weight excluding hydrogens is 272 g/mol. The number of nitrogen functional groups attached to an aromatic ring is 1. The number of hydrogen-bond donors (Lipinski definition) is 1. The topological polar surface area (TPSA) is 56.7 Å². The fourth-order valence-corrected chi connectivity index (χ4v) is 2.71. The van der Waals surface area contributed by atoms with Crippen molar-refractivity contribution in [2.75, 3.05) is 5.73 Å². The van der Waals surface area contributed by atoms with Crippen LogP contribution in [0.3, 0.4) is 0 Å². The standard InChI is InChI=1S/C15H15ClN4/c1-8-4-5-11(16)6-12(8)20-10(3)9(2)13-14(17)18-7-19-15(13)20/h4-7H,1-3H3,(H2,17,18,19). The Morgan fingerprint density at radius 2 is 1.90 bits per heavy atom. The van der Waals surface area contributed by atoms with Gasteiger partial charge in [0.1, 0.15) is 12.1 Å². The van der Waals surface area contributed by atoms with Crippen molar-refractivity contribution < 1.29 is 0 Å². The predicted molar refractivity (Wildman–Crippen MR) is 82.5 cm³/mol. The van der Waals surface area contributed by atoms with E-state index >= 15 is 0 Å². The van der Waals surface area contributed by atoms with Crippen molar-refractivity contribution in [1.82, 2.24) is 14.5 Å². The molecule has 0 amide bonds. The molecule has 0 bridgehead atoms. The number of fused-ring (bicyclic) bond motifs is 1. The van der Waals surface area contributed by atoms with E-state index in [0.29, 0.717) is 10.8 Å². The van der Waals surface area contributed by atoms with Crippen LogP contribution in [-0.4, -0.2) is 14.5 Å². The van der Waals surface area contributed by atoms with Crippen molar-refractivity contribution in [1.29, 1.82) is 0 Å². The Morgan fingerprint density at radius 3 is 2.65 bits per heavy atom. The third-order valence-corrected chi connectivity index (χ3v) is 3.97. The maximum absolute atomic E-state index is 6.14. The van der Waals surface area contributed by atoms with Crippen LogP contribution in [0.15, 0.2) is 24.5 Å². The minimum absolute atomic E-state index is 0.508. The van der Waals surface area contributed by atoms with E-state index in [-0.39, 0.29) is 0 Å². The molecule has 20 heavy (non-hydrogen) atoms. The van der Waals surface area contributed by atoms with Crippen molar-refractivity contribution in [2.24, 2.45) is 0 Å². The van der Waals surface area contributed by atoms with Crippen molar-refractivity contribution in [3.8, 4) is 5.69 Å². The zero-order valence-corrected chi connectivity index (χ0v) is 12.4. The van der Waals surface area contributed by atoms with Gasteiger partial charge in [-0.1, -0.05) is 17.7 Å². The lowest BCUT2D eigenvalue weighted by Gasteiger charge is -2.11. The van der Waals surface area contributed by atoms with Crippen LogP contribution in [0.5, 0.6) is 0 Å². The van der Waals surface area contributed by atoms with Crippen LogP contribution in [0.4, 0.5) is 5.82 Å². The highest BCUT2D eigenvalue weighted by Gasteiger charge is 2.17. The number of benzene rings is 1. The molecule has 0 aliphatic carbocycles. The molecule has 102 valence electrons. The molecule has 0 spiro atoms. The van der Waals surface area contributed by atoms with Gasteiger partial charge in [0.2, 0.25) is 0 Å². The van der Waals surface area contributed by atoms with E-state index in [0.717, 1.165) is 33.5 Å². The summed E-state index contributed by atoms with van der Waals surface area (Å²) < 4.78 is 2.09. The van der Waals surface area contributed by atoms with Gasteiger partial charge in [-0.15, -0.1) is 0 Å².